The Balaban J connectivity index is 2.48. The van der Waals surface area contributed by atoms with Gasteiger partial charge in [-0.2, -0.15) is 0 Å². The van der Waals surface area contributed by atoms with Crippen LogP contribution >= 0.6 is 11.6 Å². The number of nitrogens with zero attached hydrogens (tertiary/aromatic N) is 1. The van der Waals surface area contributed by atoms with E-state index in [0.29, 0.717) is 4.90 Å². The van der Waals surface area contributed by atoms with Crippen LogP contribution < -0.4 is 4.90 Å². The SMILES string of the molecule is O=C1CC(CCl)CN1c1c(F)c(F)cc(F)c1F. The van der Waals surface area contributed by atoms with E-state index in [9.17, 15) is 22.4 Å². The number of amides is 1. The van der Waals surface area contributed by atoms with Crippen LogP contribution in [0, 0.1) is 29.2 Å². The van der Waals surface area contributed by atoms with Gasteiger partial charge in [0.05, 0.1) is 0 Å². The van der Waals surface area contributed by atoms with Gasteiger partial charge in [0.1, 0.15) is 5.69 Å². The third-order valence-electron chi connectivity index (χ3n) is 2.78. The van der Waals surface area contributed by atoms with E-state index in [2.05, 4.69) is 0 Å². The van der Waals surface area contributed by atoms with Gasteiger partial charge in [-0.05, 0) is 5.92 Å². The lowest BCUT2D eigenvalue weighted by molar-refractivity contribution is -0.117. The number of alkyl halides is 1. The molecule has 0 aromatic heterocycles. The lowest BCUT2D eigenvalue weighted by Gasteiger charge is -2.18. The summed E-state index contributed by atoms with van der Waals surface area (Å²) in [4.78, 5) is 12.3. The maximum atomic E-state index is 13.5. The van der Waals surface area contributed by atoms with Crippen molar-refractivity contribution >= 4 is 23.2 Å². The Morgan fingerprint density at radius 3 is 2.22 bits per heavy atom. The van der Waals surface area contributed by atoms with Gasteiger partial charge in [-0.15, -0.1) is 11.6 Å². The molecule has 1 aliphatic rings. The molecule has 1 aromatic carbocycles. The summed E-state index contributed by atoms with van der Waals surface area (Å²) in [5.41, 5.74) is -0.981. The van der Waals surface area contributed by atoms with Crippen LogP contribution in [0.5, 0.6) is 0 Å². The Morgan fingerprint density at radius 1 is 1.22 bits per heavy atom. The first-order valence-electron chi connectivity index (χ1n) is 5.15. The molecule has 2 rings (SSSR count). The smallest absolute Gasteiger partial charge is 0.227 e. The lowest BCUT2D eigenvalue weighted by atomic mass is 10.1. The van der Waals surface area contributed by atoms with E-state index < -0.39 is 34.9 Å². The third-order valence-corrected chi connectivity index (χ3v) is 3.22. The molecule has 1 aromatic rings. The molecule has 1 atom stereocenters. The van der Waals surface area contributed by atoms with Crippen molar-refractivity contribution < 1.29 is 22.4 Å². The maximum Gasteiger partial charge on any atom is 0.227 e. The molecule has 1 unspecified atom stereocenters. The van der Waals surface area contributed by atoms with Crippen LogP contribution in [0.4, 0.5) is 23.2 Å². The zero-order valence-electron chi connectivity index (χ0n) is 9.02. The van der Waals surface area contributed by atoms with Gasteiger partial charge in [-0.3, -0.25) is 4.79 Å². The number of benzene rings is 1. The Kier molecular flexibility index (Phi) is 3.47. The highest BCUT2D eigenvalue weighted by atomic mass is 35.5. The van der Waals surface area contributed by atoms with E-state index in [4.69, 9.17) is 11.6 Å². The van der Waals surface area contributed by atoms with Gasteiger partial charge >= 0.3 is 0 Å². The summed E-state index contributed by atoms with van der Waals surface area (Å²) < 4.78 is 53.0. The molecule has 1 amide bonds. The first-order chi connectivity index (χ1) is 8.45. The highest BCUT2D eigenvalue weighted by molar-refractivity contribution is 6.18. The van der Waals surface area contributed by atoms with Crippen LogP contribution in [0.1, 0.15) is 6.42 Å². The highest BCUT2D eigenvalue weighted by Gasteiger charge is 2.35. The standard InChI is InChI=1S/C11H8ClF4NO/c12-3-5-1-8(18)17(4-5)11-9(15)6(13)2-7(14)10(11)16/h2,5H,1,3-4H2. The van der Waals surface area contributed by atoms with Crippen molar-refractivity contribution in [2.75, 3.05) is 17.3 Å². The number of halogens is 5. The first kappa shape index (κ1) is 13.1. The van der Waals surface area contributed by atoms with E-state index >= 15 is 0 Å². The van der Waals surface area contributed by atoms with E-state index in [0.717, 1.165) is 0 Å². The van der Waals surface area contributed by atoms with Crippen molar-refractivity contribution in [2.24, 2.45) is 5.92 Å². The number of anilines is 1. The normalized spacial score (nSPS) is 19.7. The molecule has 7 heteroatoms. The fourth-order valence-electron chi connectivity index (χ4n) is 1.90. The fourth-order valence-corrected chi connectivity index (χ4v) is 2.11. The molecule has 1 saturated heterocycles. The van der Waals surface area contributed by atoms with Gasteiger partial charge < -0.3 is 4.90 Å². The Hall–Kier alpha value is -1.30. The largest absolute Gasteiger partial charge is 0.307 e. The predicted octanol–water partition coefficient (Wildman–Crippen LogP) is 2.83. The molecule has 0 N–H and O–H groups in total. The van der Waals surface area contributed by atoms with E-state index in [-0.39, 0.29) is 30.8 Å². The summed E-state index contributed by atoms with van der Waals surface area (Å²) in [6.45, 7) is -0.0565. The van der Waals surface area contributed by atoms with Crippen LogP contribution in [0.3, 0.4) is 0 Å². The number of hydrogen-bond acceptors (Lipinski definition) is 1. The zero-order valence-corrected chi connectivity index (χ0v) is 9.78. The van der Waals surface area contributed by atoms with Crippen LogP contribution in [-0.4, -0.2) is 18.3 Å². The van der Waals surface area contributed by atoms with E-state index in [1.54, 1.807) is 0 Å². The Labute approximate surface area is 105 Å². The second-order valence-electron chi connectivity index (χ2n) is 4.05. The van der Waals surface area contributed by atoms with Gasteiger partial charge in [0.25, 0.3) is 0 Å². The maximum absolute atomic E-state index is 13.5. The average Bonchev–Trinajstić information content (AvgIpc) is 2.69. The summed E-state index contributed by atoms with van der Waals surface area (Å²) in [5, 5.41) is 0. The highest BCUT2D eigenvalue weighted by Crippen LogP contribution is 2.32. The molecule has 0 spiro atoms. The van der Waals surface area contributed by atoms with Crippen LogP contribution in [-0.2, 0) is 4.79 Å². The lowest BCUT2D eigenvalue weighted by Crippen LogP contribution is -2.27. The number of carbonyl (C=O) groups is 1. The number of rotatable bonds is 2. The molecular formula is C11H8ClF4NO. The van der Waals surface area contributed by atoms with Crippen molar-refractivity contribution in [1.82, 2.24) is 0 Å². The molecule has 0 bridgehead atoms. The summed E-state index contributed by atoms with van der Waals surface area (Å²) in [6.07, 6.45) is 0.000508. The van der Waals surface area contributed by atoms with Gasteiger partial charge in [0.2, 0.25) is 5.91 Å². The van der Waals surface area contributed by atoms with Gasteiger partial charge in [0.15, 0.2) is 23.3 Å². The Bertz CT molecular complexity index is 482. The zero-order chi connectivity index (χ0) is 13.4. The number of hydrogen-bond donors (Lipinski definition) is 0. The van der Waals surface area contributed by atoms with E-state index in [1.807, 2.05) is 0 Å². The second-order valence-corrected chi connectivity index (χ2v) is 4.35. The van der Waals surface area contributed by atoms with Gasteiger partial charge in [0, 0.05) is 24.9 Å². The van der Waals surface area contributed by atoms with Crippen LogP contribution in [0.15, 0.2) is 6.07 Å². The molecule has 18 heavy (non-hydrogen) atoms. The molecule has 1 heterocycles. The molecular weight excluding hydrogens is 274 g/mol. The molecule has 0 saturated carbocycles. The second kappa shape index (κ2) is 4.76. The van der Waals surface area contributed by atoms with Crippen molar-refractivity contribution in [3.05, 3.63) is 29.3 Å². The van der Waals surface area contributed by atoms with Crippen molar-refractivity contribution in [2.45, 2.75) is 6.42 Å². The molecule has 2 nitrogen and oxygen atoms in total. The minimum atomic E-state index is -1.57. The van der Waals surface area contributed by atoms with Crippen LogP contribution in [0.25, 0.3) is 0 Å². The van der Waals surface area contributed by atoms with Crippen molar-refractivity contribution in [1.29, 1.82) is 0 Å². The van der Waals surface area contributed by atoms with Crippen LogP contribution in [0.2, 0.25) is 0 Å². The van der Waals surface area contributed by atoms with Crippen molar-refractivity contribution in [3.8, 4) is 0 Å². The summed E-state index contributed by atoms with van der Waals surface area (Å²) in [6, 6.07) is 0.105. The summed E-state index contributed by atoms with van der Waals surface area (Å²) in [5.74, 6) is -6.98. The predicted molar refractivity (Wildman–Crippen MR) is 57.5 cm³/mol. The molecule has 1 fully saturated rings. The first-order valence-corrected chi connectivity index (χ1v) is 5.68. The van der Waals surface area contributed by atoms with Crippen molar-refractivity contribution in [3.63, 3.8) is 0 Å². The van der Waals surface area contributed by atoms with Gasteiger partial charge in [-0.1, -0.05) is 0 Å². The molecule has 98 valence electrons. The average molecular weight is 282 g/mol. The minimum absolute atomic E-state index is 0.000508. The summed E-state index contributed by atoms with van der Waals surface area (Å²) in [7, 11) is 0. The van der Waals surface area contributed by atoms with Gasteiger partial charge in [-0.25, -0.2) is 17.6 Å². The topological polar surface area (TPSA) is 20.3 Å². The minimum Gasteiger partial charge on any atom is -0.307 e. The molecule has 0 aliphatic carbocycles. The molecule has 1 aliphatic heterocycles. The monoisotopic (exact) mass is 281 g/mol. The summed E-state index contributed by atoms with van der Waals surface area (Å²) >= 11 is 5.55. The Morgan fingerprint density at radius 2 is 1.78 bits per heavy atom. The quantitative estimate of drug-likeness (QED) is 0.464. The number of carbonyl (C=O) groups excluding carboxylic acids is 1. The fraction of sp³-hybridized carbons (Fsp3) is 0.364. The van der Waals surface area contributed by atoms with E-state index in [1.165, 1.54) is 0 Å². The molecule has 0 radical (unpaired) electrons. The third kappa shape index (κ3) is 2.05.